The lowest BCUT2D eigenvalue weighted by atomic mass is 9.73. The van der Waals surface area contributed by atoms with Crippen LogP contribution in [0.25, 0.3) is 11.1 Å². The molecule has 0 radical (unpaired) electrons. The summed E-state index contributed by atoms with van der Waals surface area (Å²) in [4.78, 5) is 21.9. The number of benzene rings is 2. The van der Waals surface area contributed by atoms with Crippen molar-refractivity contribution in [2.75, 3.05) is 7.05 Å². The third kappa shape index (κ3) is 4.52. The summed E-state index contributed by atoms with van der Waals surface area (Å²) in [6.07, 6.45) is 13.2. The Kier molecular flexibility index (Phi) is 7.07. The first-order chi connectivity index (χ1) is 17.4. The van der Waals surface area contributed by atoms with E-state index in [1.807, 2.05) is 6.07 Å². The Morgan fingerprint density at radius 1 is 1.19 bits per heavy atom. The van der Waals surface area contributed by atoms with E-state index in [2.05, 4.69) is 37.2 Å². The number of carbonyl (C=O) groups is 1. The van der Waals surface area contributed by atoms with Crippen LogP contribution < -0.4 is 0 Å². The van der Waals surface area contributed by atoms with E-state index < -0.39 is 11.7 Å². The van der Waals surface area contributed by atoms with Crippen molar-refractivity contribution in [2.45, 2.75) is 71.1 Å². The molecule has 0 bridgehead atoms. The van der Waals surface area contributed by atoms with Crippen LogP contribution in [0.4, 0.5) is 15.8 Å². The number of nitrogens with zero attached hydrogens (tertiary/aromatic N) is 3. The molecule has 5 nitrogen and oxygen atoms in total. The van der Waals surface area contributed by atoms with Gasteiger partial charge in [0.1, 0.15) is 11.4 Å². The van der Waals surface area contributed by atoms with Crippen LogP contribution >= 0.6 is 0 Å². The maximum atomic E-state index is 15.4. The molecule has 3 unspecified atom stereocenters. The van der Waals surface area contributed by atoms with Gasteiger partial charge in [-0.2, -0.15) is 0 Å². The fourth-order valence-corrected chi connectivity index (χ4v) is 6.40. The summed E-state index contributed by atoms with van der Waals surface area (Å²) in [6.45, 7) is 4.48. The van der Waals surface area contributed by atoms with Crippen LogP contribution in [0.5, 0.6) is 0 Å². The van der Waals surface area contributed by atoms with Crippen molar-refractivity contribution in [1.82, 2.24) is 5.06 Å². The van der Waals surface area contributed by atoms with Crippen molar-refractivity contribution in [2.24, 2.45) is 27.7 Å². The monoisotopic (exact) mass is 489 g/mol. The van der Waals surface area contributed by atoms with Gasteiger partial charge >= 0.3 is 0 Å². The number of hydrogen-bond acceptors (Lipinski definition) is 4. The average Bonchev–Trinajstić information content (AvgIpc) is 2.91. The van der Waals surface area contributed by atoms with Crippen molar-refractivity contribution in [3.8, 4) is 11.1 Å². The van der Waals surface area contributed by atoms with Gasteiger partial charge in [-0.15, -0.1) is 0 Å². The summed E-state index contributed by atoms with van der Waals surface area (Å²) in [5.74, 6) is 0.515. The zero-order chi connectivity index (χ0) is 25.4. The summed E-state index contributed by atoms with van der Waals surface area (Å²) in [6, 6.07) is 7.68. The molecule has 0 saturated heterocycles. The van der Waals surface area contributed by atoms with Crippen molar-refractivity contribution >= 4 is 29.7 Å². The molecule has 3 atom stereocenters. The van der Waals surface area contributed by atoms with Gasteiger partial charge in [0, 0.05) is 25.4 Å². The van der Waals surface area contributed by atoms with Crippen LogP contribution in [0, 0.1) is 23.6 Å². The highest BCUT2D eigenvalue weighted by Crippen LogP contribution is 2.46. The molecule has 2 heterocycles. The standard InChI is InChI=1S/C30H36FN3O2/c1-4-19-12-13-32-29-27(19)24(16-25(31)28(29)30(35)34(3)36)21-10-11-22-14-23(17-33-26(22)15-21)18(2)20-8-6-5-7-9-20/h10-11,13,15-20,23,36H,4-9,12,14H2,1-3H3. The SMILES string of the molecule is CCC1CC=Nc2c(C(=O)N(C)O)c(F)cc(-c3ccc4c(c3)N=CC(C(C)C3CCCCC3)C4)c21. The number of amides is 1. The minimum absolute atomic E-state index is 0.115. The van der Waals surface area contributed by atoms with Gasteiger partial charge in [0.2, 0.25) is 0 Å². The fourth-order valence-electron chi connectivity index (χ4n) is 6.40. The van der Waals surface area contributed by atoms with Gasteiger partial charge in [-0.05, 0) is 71.4 Å². The zero-order valence-electron chi connectivity index (χ0n) is 21.5. The molecule has 2 aromatic rings. The Hall–Kier alpha value is -2.86. The first-order valence-electron chi connectivity index (χ1n) is 13.4. The van der Waals surface area contributed by atoms with Gasteiger partial charge < -0.3 is 0 Å². The second-order valence-electron chi connectivity index (χ2n) is 10.8. The minimum Gasteiger partial charge on any atom is -0.286 e. The summed E-state index contributed by atoms with van der Waals surface area (Å²) in [7, 11) is 1.20. The number of hydroxylamine groups is 2. The summed E-state index contributed by atoms with van der Waals surface area (Å²) >= 11 is 0. The second kappa shape index (κ2) is 10.3. The molecule has 1 aliphatic carbocycles. The van der Waals surface area contributed by atoms with E-state index in [9.17, 15) is 10.0 Å². The molecule has 0 aromatic heterocycles. The zero-order valence-corrected chi connectivity index (χ0v) is 21.5. The van der Waals surface area contributed by atoms with E-state index >= 15 is 4.39 Å². The van der Waals surface area contributed by atoms with Crippen LogP contribution in [-0.2, 0) is 6.42 Å². The number of carbonyl (C=O) groups excluding carboxylic acids is 1. The highest BCUT2D eigenvalue weighted by Gasteiger charge is 2.31. The van der Waals surface area contributed by atoms with Gasteiger partial charge in [0.05, 0.1) is 11.4 Å². The molecule has 190 valence electrons. The Labute approximate surface area is 213 Å². The van der Waals surface area contributed by atoms with Gasteiger partial charge in [-0.25, -0.2) is 9.45 Å². The number of hydrogen-bond donors (Lipinski definition) is 1. The molecule has 2 aromatic carbocycles. The van der Waals surface area contributed by atoms with Crippen molar-refractivity contribution in [3.05, 3.63) is 46.8 Å². The topological polar surface area (TPSA) is 65.3 Å². The van der Waals surface area contributed by atoms with E-state index in [0.717, 1.165) is 47.6 Å². The molecule has 36 heavy (non-hydrogen) atoms. The third-order valence-corrected chi connectivity index (χ3v) is 8.64. The lowest BCUT2D eigenvalue weighted by molar-refractivity contribution is -0.0377. The van der Waals surface area contributed by atoms with Crippen molar-refractivity contribution < 1.29 is 14.4 Å². The Balaban J connectivity index is 1.52. The summed E-state index contributed by atoms with van der Waals surface area (Å²) < 4.78 is 15.4. The van der Waals surface area contributed by atoms with Crippen LogP contribution in [0.3, 0.4) is 0 Å². The molecule has 1 amide bonds. The van der Waals surface area contributed by atoms with E-state index in [4.69, 9.17) is 4.99 Å². The predicted octanol–water partition coefficient (Wildman–Crippen LogP) is 7.64. The lowest BCUT2D eigenvalue weighted by Crippen LogP contribution is -2.26. The average molecular weight is 490 g/mol. The molecule has 0 spiro atoms. The number of fused-ring (bicyclic) bond motifs is 2. The molecule has 2 aliphatic heterocycles. The van der Waals surface area contributed by atoms with Gasteiger partial charge in [-0.1, -0.05) is 58.1 Å². The maximum absolute atomic E-state index is 15.4. The molecular formula is C30H36FN3O2. The Bertz CT molecular complexity index is 1210. The van der Waals surface area contributed by atoms with Gasteiger partial charge in [-0.3, -0.25) is 20.0 Å². The largest absolute Gasteiger partial charge is 0.286 e. The molecule has 1 N–H and O–H groups in total. The Morgan fingerprint density at radius 3 is 2.69 bits per heavy atom. The maximum Gasteiger partial charge on any atom is 0.282 e. The molecule has 3 aliphatic rings. The molecule has 1 fully saturated rings. The smallest absolute Gasteiger partial charge is 0.282 e. The minimum atomic E-state index is -0.794. The number of rotatable bonds is 5. The first-order valence-corrected chi connectivity index (χ1v) is 13.4. The van der Waals surface area contributed by atoms with Crippen LogP contribution in [0.1, 0.15) is 86.2 Å². The van der Waals surface area contributed by atoms with Gasteiger partial charge in [0.25, 0.3) is 5.91 Å². The summed E-state index contributed by atoms with van der Waals surface area (Å²) in [5, 5.41) is 10.2. The van der Waals surface area contributed by atoms with Crippen molar-refractivity contribution in [3.63, 3.8) is 0 Å². The van der Waals surface area contributed by atoms with E-state index in [0.29, 0.717) is 22.6 Å². The van der Waals surface area contributed by atoms with Gasteiger partial charge in [0.15, 0.2) is 0 Å². The number of halogens is 1. The third-order valence-electron chi connectivity index (χ3n) is 8.64. The van der Waals surface area contributed by atoms with Crippen LogP contribution in [0.2, 0.25) is 0 Å². The quantitative estimate of drug-likeness (QED) is 0.346. The van der Waals surface area contributed by atoms with E-state index in [1.54, 1.807) is 6.21 Å². The fraction of sp³-hybridized carbons (Fsp3) is 0.500. The van der Waals surface area contributed by atoms with Crippen molar-refractivity contribution in [1.29, 1.82) is 0 Å². The highest BCUT2D eigenvalue weighted by molar-refractivity contribution is 6.02. The number of aliphatic imine (C=N–C) groups is 2. The summed E-state index contributed by atoms with van der Waals surface area (Å²) in [5.41, 5.74) is 4.83. The molecule has 6 heteroatoms. The van der Waals surface area contributed by atoms with Crippen LogP contribution in [0.15, 0.2) is 34.3 Å². The van der Waals surface area contributed by atoms with E-state index in [-0.39, 0.29) is 11.5 Å². The predicted molar refractivity (Wildman–Crippen MR) is 143 cm³/mol. The van der Waals surface area contributed by atoms with Crippen LogP contribution in [-0.4, -0.2) is 35.7 Å². The lowest BCUT2D eigenvalue weighted by Gasteiger charge is -2.33. The molecule has 5 rings (SSSR count). The molecular weight excluding hydrogens is 453 g/mol. The normalized spacial score (nSPS) is 22.1. The van der Waals surface area contributed by atoms with E-state index in [1.165, 1.54) is 50.8 Å². The second-order valence-corrected chi connectivity index (χ2v) is 10.8. The first kappa shape index (κ1) is 24.8. The highest BCUT2D eigenvalue weighted by atomic mass is 19.1. The Morgan fingerprint density at radius 2 is 1.97 bits per heavy atom. The molecule has 1 saturated carbocycles.